The fraction of sp³-hybridized carbons (Fsp3) is 0.931. The van der Waals surface area contributed by atoms with Gasteiger partial charge in [-0.2, -0.15) is 13.2 Å². The molecule has 0 aliphatic heterocycles. The molecule has 0 aromatic rings. The van der Waals surface area contributed by atoms with Gasteiger partial charge in [-0.1, -0.05) is 26.8 Å². The van der Waals surface area contributed by atoms with Gasteiger partial charge in [0.2, 0.25) is 0 Å². The van der Waals surface area contributed by atoms with Crippen LogP contribution in [0.3, 0.4) is 0 Å². The van der Waals surface area contributed by atoms with Crippen molar-refractivity contribution in [1.29, 1.82) is 0 Å². The predicted octanol–water partition coefficient (Wildman–Crippen LogP) is 7.68. The van der Waals surface area contributed by atoms with Gasteiger partial charge in [0, 0.05) is 0 Å². The molecule has 4 aliphatic carbocycles. The monoisotopic (exact) mass is 484 g/mol. The lowest BCUT2D eigenvalue weighted by Gasteiger charge is -2.62. The zero-order chi connectivity index (χ0) is 25.2. The molecule has 5 heteroatoms. The van der Waals surface area contributed by atoms with Crippen molar-refractivity contribution in [2.24, 2.45) is 46.3 Å². The molecule has 2 N–H and O–H groups in total. The van der Waals surface area contributed by atoms with Crippen LogP contribution < -0.4 is 0 Å². The van der Waals surface area contributed by atoms with Gasteiger partial charge in [-0.05, 0) is 130 Å². The number of fused-ring (bicyclic) bond motifs is 5. The molecule has 0 heterocycles. The summed E-state index contributed by atoms with van der Waals surface area (Å²) >= 11 is 0. The van der Waals surface area contributed by atoms with Gasteiger partial charge in [0.05, 0.1) is 5.60 Å². The van der Waals surface area contributed by atoms with E-state index in [1.54, 1.807) is 0 Å². The van der Waals surface area contributed by atoms with Crippen molar-refractivity contribution in [3.63, 3.8) is 0 Å². The number of hydrogen-bond acceptors (Lipinski definition) is 2. The smallest absolute Gasteiger partial charge is 0.390 e. The molecule has 0 unspecified atom stereocenters. The molecule has 0 spiro atoms. The van der Waals surface area contributed by atoms with Crippen LogP contribution in [0.25, 0.3) is 0 Å². The topological polar surface area (TPSA) is 40.5 Å². The van der Waals surface area contributed by atoms with Crippen molar-refractivity contribution in [2.45, 2.75) is 122 Å². The molecule has 10 atom stereocenters. The lowest BCUT2D eigenvalue weighted by Crippen LogP contribution is -2.56. The standard InChI is InChI=1S/C29H47F3O2/c1-6-27(34)16-17-28(7-2)20(18-27)8-9-21-23-11-10-22(25(23,4)14-13-24(21)28)19(3)12-15-26(5,33)29(30,31)32/h7,19-24,33-34H,2,6,8-18H2,1,3-5H3/t19-,20+,21+,22-,23+,24+,25-,26+,27+,28+/m1/s1. The number of alkyl halides is 3. The molecule has 196 valence electrons. The van der Waals surface area contributed by atoms with Gasteiger partial charge in [-0.3, -0.25) is 0 Å². The van der Waals surface area contributed by atoms with Crippen LogP contribution in [0.1, 0.15) is 105 Å². The Balaban J connectivity index is 1.49. The number of halogens is 3. The molecule has 34 heavy (non-hydrogen) atoms. The Labute approximate surface area is 204 Å². The van der Waals surface area contributed by atoms with E-state index in [0.29, 0.717) is 36.0 Å². The van der Waals surface area contributed by atoms with Crippen molar-refractivity contribution >= 4 is 0 Å². The molecule has 4 saturated carbocycles. The van der Waals surface area contributed by atoms with Crippen LogP contribution in [-0.2, 0) is 0 Å². The number of rotatable bonds is 6. The minimum absolute atomic E-state index is 0.140. The summed E-state index contributed by atoms with van der Waals surface area (Å²) in [6.45, 7) is 11.9. The Morgan fingerprint density at radius 2 is 1.76 bits per heavy atom. The maximum Gasteiger partial charge on any atom is 0.416 e. The molecule has 4 rings (SSSR count). The second-order valence-electron chi connectivity index (χ2n) is 13.3. The average molecular weight is 485 g/mol. The van der Waals surface area contributed by atoms with Crippen molar-refractivity contribution in [3.8, 4) is 0 Å². The van der Waals surface area contributed by atoms with Gasteiger partial charge in [0.25, 0.3) is 0 Å². The summed E-state index contributed by atoms with van der Waals surface area (Å²) < 4.78 is 39.6. The van der Waals surface area contributed by atoms with E-state index >= 15 is 0 Å². The zero-order valence-corrected chi connectivity index (χ0v) is 21.8. The fourth-order valence-corrected chi connectivity index (χ4v) is 9.58. The van der Waals surface area contributed by atoms with Crippen LogP contribution in [0.15, 0.2) is 12.7 Å². The van der Waals surface area contributed by atoms with Crippen LogP contribution in [-0.4, -0.2) is 27.6 Å². The molecule has 4 aliphatic rings. The first kappa shape index (κ1) is 26.5. The van der Waals surface area contributed by atoms with Gasteiger partial charge in [0.15, 0.2) is 5.60 Å². The van der Waals surface area contributed by atoms with E-state index < -0.39 is 17.4 Å². The normalized spacial score (nSPS) is 47.1. The molecule has 2 nitrogen and oxygen atoms in total. The van der Waals surface area contributed by atoms with Crippen LogP contribution in [0.2, 0.25) is 0 Å². The largest absolute Gasteiger partial charge is 0.416 e. The van der Waals surface area contributed by atoms with Gasteiger partial charge < -0.3 is 10.2 Å². The summed E-state index contributed by atoms with van der Waals surface area (Å²) in [5, 5.41) is 21.0. The van der Waals surface area contributed by atoms with Crippen LogP contribution in [0.5, 0.6) is 0 Å². The maximum absolute atomic E-state index is 13.2. The minimum Gasteiger partial charge on any atom is -0.390 e. The Kier molecular flexibility index (Phi) is 6.85. The zero-order valence-electron chi connectivity index (χ0n) is 21.8. The lowest BCUT2D eigenvalue weighted by atomic mass is 9.43. The summed E-state index contributed by atoms with van der Waals surface area (Å²) in [7, 11) is 0. The summed E-state index contributed by atoms with van der Waals surface area (Å²) in [6.07, 6.45) is 8.51. The fourth-order valence-electron chi connectivity index (χ4n) is 9.58. The molecule has 0 saturated heterocycles. The van der Waals surface area contributed by atoms with Crippen molar-refractivity contribution in [3.05, 3.63) is 12.7 Å². The lowest BCUT2D eigenvalue weighted by molar-refractivity contribution is -0.256. The van der Waals surface area contributed by atoms with Gasteiger partial charge >= 0.3 is 6.18 Å². The van der Waals surface area contributed by atoms with Gasteiger partial charge in [-0.15, -0.1) is 6.58 Å². The predicted molar refractivity (Wildman–Crippen MR) is 130 cm³/mol. The number of allylic oxidation sites excluding steroid dienone is 1. The number of aliphatic hydroxyl groups is 2. The Morgan fingerprint density at radius 3 is 2.38 bits per heavy atom. The first-order valence-electron chi connectivity index (χ1n) is 13.9. The summed E-state index contributed by atoms with van der Waals surface area (Å²) in [5.41, 5.74) is -2.80. The molecule has 0 bridgehead atoms. The molecular formula is C29H47F3O2. The van der Waals surface area contributed by atoms with Crippen LogP contribution >= 0.6 is 0 Å². The first-order valence-corrected chi connectivity index (χ1v) is 13.9. The summed E-state index contributed by atoms with van der Waals surface area (Å²) in [4.78, 5) is 0. The average Bonchev–Trinajstić information content (AvgIpc) is 3.13. The van der Waals surface area contributed by atoms with Crippen molar-refractivity contribution < 1.29 is 23.4 Å². The van der Waals surface area contributed by atoms with E-state index in [0.717, 1.165) is 51.9 Å². The third kappa shape index (κ3) is 4.09. The van der Waals surface area contributed by atoms with Crippen LogP contribution in [0, 0.1) is 46.3 Å². The highest BCUT2D eigenvalue weighted by atomic mass is 19.4. The molecule has 0 aromatic heterocycles. The van der Waals surface area contributed by atoms with E-state index in [9.17, 15) is 23.4 Å². The maximum atomic E-state index is 13.2. The van der Waals surface area contributed by atoms with Crippen molar-refractivity contribution in [1.82, 2.24) is 0 Å². The molecular weight excluding hydrogens is 437 g/mol. The second-order valence-corrected chi connectivity index (χ2v) is 13.3. The van der Waals surface area contributed by atoms with Crippen molar-refractivity contribution in [2.75, 3.05) is 0 Å². The number of hydrogen-bond donors (Lipinski definition) is 2. The summed E-state index contributed by atoms with van der Waals surface area (Å²) in [6, 6.07) is 0. The SMILES string of the molecule is C=C[C@]12CC[C@@](O)(CC)C[C@@H]1CC[C@H]1[C@@H]3CC[C@H]([C@H](C)CC[C@](C)(O)C(F)(F)F)[C@@]3(C)CC[C@@H]12. The molecule has 0 radical (unpaired) electrons. The Bertz CT molecular complexity index is 763. The quantitative estimate of drug-likeness (QED) is 0.380. The van der Waals surface area contributed by atoms with Gasteiger partial charge in [0.1, 0.15) is 0 Å². The minimum atomic E-state index is -4.57. The van der Waals surface area contributed by atoms with Gasteiger partial charge in [-0.25, -0.2) is 0 Å². The Hall–Kier alpha value is -0.550. The highest BCUT2D eigenvalue weighted by Crippen LogP contribution is 2.69. The van der Waals surface area contributed by atoms with Crippen LogP contribution in [0.4, 0.5) is 13.2 Å². The third-order valence-corrected chi connectivity index (χ3v) is 11.9. The van der Waals surface area contributed by atoms with E-state index in [2.05, 4.69) is 33.4 Å². The second kappa shape index (κ2) is 8.78. The molecule has 0 aromatic carbocycles. The summed E-state index contributed by atoms with van der Waals surface area (Å²) in [5.74, 6) is 3.05. The first-order chi connectivity index (χ1) is 15.7. The van der Waals surface area contributed by atoms with E-state index in [1.165, 1.54) is 19.3 Å². The Morgan fingerprint density at radius 1 is 1.06 bits per heavy atom. The molecule has 0 amide bonds. The highest BCUT2D eigenvalue weighted by molar-refractivity contribution is 5.16. The highest BCUT2D eigenvalue weighted by Gasteiger charge is 2.62. The van der Waals surface area contributed by atoms with E-state index in [4.69, 9.17) is 0 Å². The van der Waals surface area contributed by atoms with E-state index in [1.807, 2.05) is 0 Å². The van der Waals surface area contributed by atoms with E-state index in [-0.39, 0.29) is 23.2 Å². The third-order valence-electron chi connectivity index (χ3n) is 11.9. The molecule has 4 fully saturated rings.